The number of nitrogens with one attached hydrogen (secondary N) is 1. The summed E-state index contributed by atoms with van der Waals surface area (Å²) in [6.45, 7) is 2.44. The molecule has 24 heavy (non-hydrogen) atoms. The Morgan fingerprint density at radius 2 is 1.88 bits per heavy atom. The van der Waals surface area contributed by atoms with Crippen LogP contribution in [0, 0.1) is 0 Å². The van der Waals surface area contributed by atoms with Crippen LogP contribution in [-0.4, -0.2) is 48.0 Å². The van der Waals surface area contributed by atoms with E-state index in [1.807, 2.05) is 50.5 Å². The van der Waals surface area contributed by atoms with Crippen LogP contribution in [0.25, 0.3) is 0 Å². The third-order valence-electron chi connectivity index (χ3n) is 3.56. The molecule has 1 aromatic carbocycles. The van der Waals surface area contributed by atoms with Crippen LogP contribution in [0.1, 0.15) is 11.1 Å². The normalized spacial score (nSPS) is 10.7. The van der Waals surface area contributed by atoms with E-state index >= 15 is 0 Å². The monoisotopic (exact) mass is 346 g/mol. The van der Waals surface area contributed by atoms with Gasteiger partial charge in [0.1, 0.15) is 0 Å². The van der Waals surface area contributed by atoms with Crippen molar-refractivity contribution in [1.82, 2.24) is 20.1 Å². The van der Waals surface area contributed by atoms with Crippen LogP contribution in [0.3, 0.4) is 0 Å². The zero-order chi connectivity index (χ0) is 17.4. The van der Waals surface area contributed by atoms with Crippen molar-refractivity contribution in [3.05, 3.63) is 64.9 Å². The molecule has 0 unspecified atom stereocenters. The SMILES string of the molecule is CN(C)CCN(Cc1cccc(Cl)c1)C(=O)NCc1ccncc1. The summed E-state index contributed by atoms with van der Waals surface area (Å²) < 4.78 is 0. The van der Waals surface area contributed by atoms with Gasteiger partial charge in [0.25, 0.3) is 0 Å². The number of hydrogen-bond donors (Lipinski definition) is 1. The first-order valence-electron chi connectivity index (χ1n) is 7.85. The number of pyridine rings is 1. The minimum Gasteiger partial charge on any atom is -0.334 e. The number of carbonyl (C=O) groups is 1. The van der Waals surface area contributed by atoms with Crippen molar-refractivity contribution in [2.24, 2.45) is 0 Å². The van der Waals surface area contributed by atoms with Gasteiger partial charge >= 0.3 is 6.03 Å². The van der Waals surface area contributed by atoms with Crippen molar-refractivity contribution < 1.29 is 4.79 Å². The standard InChI is InChI=1S/C18H23ClN4O/c1-22(2)10-11-23(14-16-4-3-5-17(19)12-16)18(24)21-13-15-6-8-20-9-7-15/h3-9,12H,10-11,13-14H2,1-2H3,(H,21,24). The Hall–Kier alpha value is -2.11. The third kappa shape index (κ3) is 6.18. The predicted octanol–water partition coefficient (Wildman–Crippen LogP) is 3.01. The van der Waals surface area contributed by atoms with E-state index in [9.17, 15) is 4.79 Å². The van der Waals surface area contributed by atoms with Gasteiger partial charge in [-0.05, 0) is 49.5 Å². The highest BCUT2D eigenvalue weighted by Gasteiger charge is 2.14. The van der Waals surface area contributed by atoms with E-state index in [-0.39, 0.29) is 6.03 Å². The van der Waals surface area contributed by atoms with Gasteiger partial charge in [0.15, 0.2) is 0 Å². The summed E-state index contributed by atoms with van der Waals surface area (Å²) in [6.07, 6.45) is 3.44. The number of rotatable bonds is 7. The van der Waals surface area contributed by atoms with Crippen LogP contribution in [0.15, 0.2) is 48.8 Å². The first-order valence-corrected chi connectivity index (χ1v) is 8.23. The Labute approximate surface area is 148 Å². The summed E-state index contributed by atoms with van der Waals surface area (Å²) in [6, 6.07) is 11.3. The second kappa shape index (κ2) is 9.25. The second-order valence-corrected chi connectivity index (χ2v) is 6.31. The number of urea groups is 1. The number of amides is 2. The first-order chi connectivity index (χ1) is 11.5. The summed E-state index contributed by atoms with van der Waals surface area (Å²) in [5, 5.41) is 3.64. The highest BCUT2D eigenvalue weighted by molar-refractivity contribution is 6.30. The van der Waals surface area contributed by atoms with Gasteiger partial charge in [-0.2, -0.15) is 0 Å². The van der Waals surface area contributed by atoms with Crippen molar-refractivity contribution in [1.29, 1.82) is 0 Å². The van der Waals surface area contributed by atoms with Gasteiger partial charge in [-0.15, -0.1) is 0 Å². The maximum Gasteiger partial charge on any atom is 0.318 e. The zero-order valence-corrected chi connectivity index (χ0v) is 14.8. The molecule has 2 aromatic rings. The minimum atomic E-state index is -0.0892. The molecule has 0 bridgehead atoms. The van der Waals surface area contributed by atoms with Crippen LogP contribution in [0.4, 0.5) is 4.79 Å². The Bertz CT molecular complexity index is 648. The number of carbonyl (C=O) groups excluding carboxylic acids is 1. The van der Waals surface area contributed by atoms with Crippen LogP contribution in [0.2, 0.25) is 5.02 Å². The zero-order valence-electron chi connectivity index (χ0n) is 14.1. The Kier molecular flexibility index (Phi) is 7.03. The average molecular weight is 347 g/mol. The van der Waals surface area contributed by atoms with E-state index in [0.29, 0.717) is 24.7 Å². The third-order valence-corrected chi connectivity index (χ3v) is 3.79. The molecule has 2 amide bonds. The molecule has 0 spiro atoms. The van der Waals surface area contributed by atoms with E-state index in [0.717, 1.165) is 17.7 Å². The van der Waals surface area contributed by atoms with Gasteiger partial charge in [-0.3, -0.25) is 4.98 Å². The molecule has 1 heterocycles. The van der Waals surface area contributed by atoms with Crippen molar-refractivity contribution >= 4 is 17.6 Å². The number of nitrogens with zero attached hydrogens (tertiary/aromatic N) is 3. The molecule has 0 fully saturated rings. The van der Waals surface area contributed by atoms with E-state index in [1.165, 1.54) is 0 Å². The van der Waals surface area contributed by atoms with Gasteiger partial charge in [0, 0.05) is 43.6 Å². The number of halogens is 1. The van der Waals surface area contributed by atoms with Crippen LogP contribution < -0.4 is 5.32 Å². The van der Waals surface area contributed by atoms with E-state index in [2.05, 4.69) is 15.2 Å². The number of hydrogen-bond acceptors (Lipinski definition) is 3. The molecule has 0 aliphatic carbocycles. The van der Waals surface area contributed by atoms with Gasteiger partial charge in [0.05, 0.1) is 0 Å². The average Bonchev–Trinajstić information content (AvgIpc) is 2.57. The highest BCUT2D eigenvalue weighted by Crippen LogP contribution is 2.13. The van der Waals surface area contributed by atoms with Gasteiger partial charge in [-0.1, -0.05) is 23.7 Å². The molecule has 1 aromatic heterocycles. The summed E-state index contributed by atoms with van der Waals surface area (Å²) in [4.78, 5) is 20.4. The predicted molar refractivity (Wildman–Crippen MR) is 96.9 cm³/mol. The molecule has 5 nitrogen and oxygen atoms in total. The highest BCUT2D eigenvalue weighted by atomic mass is 35.5. The molecule has 2 rings (SSSR count). The first kappa shape index (κ1) is 18.2. The lowest BCUT2D eigenvalue weighted by Crippen LogP contribution is -2.42. The minimum absolute atomic E-state index is 0.0892. The van der Waals surface area contributed by atoms with Crippen molar-refractivity contribution in [2.45, 2.75) is 13.1 Å². The largest absolute Gasteiger partial charge is 0.334 e. The van der Waals surface area contributed by atoms with Crippen LogP contribution in [0.5, 0.6) is 0 Å². The number of likely N-dealkylation sites (N-methyl/N-ethyl adjacent to an activating group) is 1. The lowest BCUT2D eigenvalue weighted by molar-refractivity contribution is 0.188. The molecular weight excluding hydrogens is 324 g/mol. The fraction of sp³-hybridized carbons (Fsp3) is 0.333. The van der Waals surface area contributed by atoms with Crippen molar-refractivity contribution in [3.8, 4) is 0 Å². The van der Waals surface area contributed by atoms with Crippen LogP contribution >= 0.6 is 11.6 Å². The summed E-state index contributed by atoms with van der Waals surface area (Å²) in [7, 11) is 3.98. The van der Waals surface area contributed by atoms with E-state index in [4.69, 9.17) is 11.6 Å². The number of benzene rings is 1. The molecule has 6 heteroatoms. The molecule has 0 aliphatic heterocycles. The summed E-state index contributed by atoms with van der Waals surface area (Å²) in [5.74, 6) is 0. The van der Waals surface area contributed by atoms with Gasteiger partial charge in [0.2, 0.25) is 0 Å². The van der Waals surface area contributed by atoms with Crippen molar-refractivity contribution in [3.63, 3.8) is 0 Å². The summed E-state index contributed by atoms with van der Waals surface area (Å²) in [5.41, 5.74) is 2.04. The molecule has 0 saturated carbocycles. The molecule has 0 saturated heterocycles. The van der Waals surface area contributed by atoms with Gasteiger partial charge < -0.3 is 15.1 Å². The Morgan fingerprint density at radius 1 is 1.12 bits per heavy atom. The van der Waals surface area contributed by atoms with Gasteiger partial charge in [-0.25, -0.2) is 4.79 Å². The number of aromatic nitrogens is 1. The molecule has 1 N–H and O–H groups in total. The molecule has 128 valence electrons. The van der Waals surface area contributed by atoms with Crippen LogP contribution in [-0.2, 0) is 13.1 Å². The lowest BCUT2D eigenvalue weighted by Gasteiger charge is -2.25. The molecule has 0 aliphatic rings. The molecular formula is C18H23ClN4O. The maximum absolute atomic E-state index is 12.6. The topological polar surface area (TPSA) is 48.5 Å². The Balaban J connectivity index is 1.99. The molecule has 0 atom stereocenters. The van der Waals surface area contributed by atoms with E-state index in [1.54, 1.807) is 17.3 Å². The fourth-order valence-electron chi connectivity index (χ4n) is 2.22. The smallest absolute Gasteiger partial charge is 0.318 e. The lowest BCUT2D eigenvalue weighted by atomic mass is 10.2. The maximum atomic E-state index is 12.6. The fourth-order valence-corrected chi connectivity index (χ4v) is 2.43. The Morgan fingerprint density at radius 3 is 2.54 bits per heavy atom. The quantitative estimate of drug-likeness (QED) is 0.838. The second-order valence-electron chi connectivity index (χ2n) is 5.87. The summed E-state index contributed by atoms with van der Waals surface area (Å²) >= 11 is 6.04. The van der Waals surface area contributed by atoms with E-state index < -0.39 is 0 Å². The molecule has 0 radical (unpaired) electrons. The van der Waals surface area contributed by atoms with Crippen molar-refractivity contribution in [2.75, 3.05) is 27.2 Å².